The van der Waals surface area contributed by atoms with Crippen LogP contribution in [0.2, 0.25) is 0 Å². The van der Waals surface area contributed by atoms with Gasteiger partial charge in [-0.25, -0.2) is 0 Å². The number of esters is 4. The van der Waals surface area contributed by atoms with Crippen LogP contribution in [-0.2, 0) is 47.6 Å². The molecule has 12 heteroatoms. The summed E-state index contributed by atoms with van der Waals surface area (Å²) < 4.78 is 32.0. The predicted molar refractivity (Wildman–Crippen MR) is 340 cm³/mol. The van der Waals surface area contributed by atoms with E-state index in [0.717, 1.165) is 122 Å². The molecule has 9 aliphatic rings. The minimum atomic E-state index is -0.944. The largest absolute Gasteiger partial charge is 0.465 e. The van der Waals surface area contributed by atoms with E-state index >= 15 is 0 Å². The van der Waals surface area contributed by atoms with Crippen LogP contribution in [0.4, 0.5) is 0 Å². The van der Waals surface area contributed by atoms with Gasteiger partial charge in [-0.1, -0.05) is 131 Å². The number of hydrogen-bond acceptors (Lipinski definition) is 12. The number of carbonyl (C=O) groups is 4. The molecule has 1 saturated heterocycles. The molecule has 9 rings (SSSR count). The van der Waals surface area contributed by atoms with Crippen LogP contribution in [0.3, 0.4) is 0 Å². The summed E-state index contributed by atoms with van der Waals surface area (Å²) in [5.74, 6) is 6.40. The lowest BCUT2D eigenvalue weighted by Crippen LogP contribution is -2.51. The lowest BCUT2D eigenvalue weighted by atomic mass is 9.47. The first-order valence-electron chi connectivity index (χ1n) is 35.4. The fourth-order valence-electron chi connectivity index (χ4n) is 20.3. The lowest BCUT2D eigenvalue weighted by Gasteiger charge is -2.58. The van der Waals surface area contributed by atoms with E-state index in [-0.39, 0.29) is 54.8 Å². The Balaban J connectivity index is 0.000000229. The SMILES string of the molecule is CC(C)CCC[C@@H](C)[C@H]1CCC2C3CC=C4CC(OC(=O)C5CCCCOC5=O)CC[C@]4(C)C3CC[C@@]21C.COCCO.COCCOC(=O)C(CCCCO)C(=O)OC1CC[C@@]2(C)C(=CCC3C2CC[C@@]2(C)C3CC[C@@H]2[C@H](C)CCCC(C)C)C1. The number of fused-ring (bicyclic) bond motifs is 10. The van der Waals surface area contributed by atoms with Gasteiger partial charge in [0.15, 0.2) is 11.8 Å². The third-order valence-corrected chi connectivity index (χ3v) is 25.1. The molecule has 0 spiro atoms. The summed E-state index contributed by atoms with van der Waals surface area (Å²) in [7, 11) is 3.10. The molecule has 0 amide bonds. The summed E-state index contributed by atoms with van der Waals surface area (Å²) in [6.45, 7) is 26.3. The molecule has 86 heavy (non-hydrogen) atoms. The smallest absolute Gasteiger partial charge is 0.320 e. The standard InChI is InChI=1S/C37H62O6.C34H54O4.C3H8O2/c1-25(2)10-9-11-26(3)31-15-16-32-29-14-13-27-24-28(17-19-36(27,4)33(29)18-20-37(31,32)5)43-35(40)30(12-7-8-21-38)34(39)42-23-22-41-6;1-22(2)9-8-10-23(3)28-14-15-29-26-13-12-24-21-25(38-32(36)27-11-6-7-20-37-31(27)35)16-18-33(24,4)30(26)17-19-34(28,29)5;1-5-3-2-4/h13,25-26,28-33,38H,7-12,14-24H2,1-6H3;12,22-23,25-30H,6-11,13-21H2,1-5H3;4H,2-3H2,1H3/t26-,28?,29?,30?,31-,32?,33?,36+,37-;23-,25?,26?,27?,28-,29?,30?,33+,34-;/m11./s1. The highest BCUT2D eigenvalue weighted by Gasteiger charge is 2.61. The van der Waals surface area contributed by atoms with Crippen LogP contribution in [-0.4, -0.2) is 100 Å². The molecule has 6 saturated carbocycles. The van der Waals surface area contributed by atoms with Crippen molar-refractivity contribution in [3.05, 3.63) is 23.3 Å². The Labute approximate surface area is 522 Å². The van der Waals surface area contributed by atoms with E-state index in [0.29, 0.717) is 56.3 Å². The third-order valence-electron chi connectivity index (χ3n) is 25.1. The van der Waals surface area contributed by atoms with E-state index in [2.05, 4.69) is 86.1 Å². The number of ether oxygens (including phenoxy) is 6. The second kappa shape index (κ2) is 32.5. The minimum Gasteiger partial charge on any atom is -0.465 e. The second-order valence-corrected chi connectivity index (χ2v) is 31.0. The van der Waals surface area contributed by atoms with Crippen LogP contribution in [0.5, 0.6) is 0 Å². The van der Waals surface area contributed by atoms with Crippen molar-refractivity contribution >= 4 is 23.9 Å². The van der Waals surface area contributed by atoms with Gasteiger partial charge in [0.25, 0.3) is 0 Å². The summed E-state index contributed by atoms with van der Waals surface area (Å²) in [5.41, 5.74) is 4.45. The first kappa shape index (κ1) is 70.7. The fraction of sp³-hybridized carbons (Fsp3) is 0.892. The Morgan fingerprint density at radius 2 is 1.08 bits per heavy atom. The normalized spacial score (nSPS) is 36.4. The maximum Gasteiger partial charge on any atom is 0.320 e. The van der Waals surface area contributed by atoms with Crippen LogP contribution in [0.25, 0.3) is 0 Å². The number of aliphatic hydroxyl groups excluding tert-OH is 2. The topological polar surface area (TPSA) is 164 Å². The summed E-state index contributed by atoms with van der Waals surface area (Å²) in [6.07, 6.45) is 35.8. The molecule has 0 aromatic carbocycles. The molecule has 8 aliphatic carbocycles. The van der Waals surface area contributed by atoms with Crippen LogP contribution >= 0.6 is 0 Å². The van der Waals surface area contributed by atoms with Gasteiger partial charge >= 0.3 is 23.9 Å². The molecule has 7 fully saturated rings. The van der Waals surface area contributed by atoms with Gasteiger partial charge in [-0.05, 0) is 221 Å². The zero-order chi connectivity index (χ0) is 62.4. The minimum absolute atomic E-state index is 0.0377. The number of hydrogen-bond donors (Lipinski definition) is 2. The number of rotatable bonds is 24. The van der Waals surface area contributed by atoms with E-state index in [1.807, 2.05) is 0 Å². The van der Waals surface area contributed by atoms with Gasteiger partial charge in [-0.3, -0.25) is 19.2 Å². The molecule has 2 N–H and O–H groups in total. The number of carbonyl (C=O) groups excluding carboxylic acids is 4. The number of allylic oxidation sites excluding steroid dienone is 2. The van der Waals surface area contributed by atoms with Crippen molar-refractivity contribution < 1.29 is 57.8 Å². The van der Waals surface area contributed by atoms with E-state index in [9.17, 15) is 24.3 Å². The highest BCUT2D eigenvalue weighted by molar-refractivity contribution is 5.95. The summed E-state index contributed by atoms with van der Waals surface area (Å²) in [4.78, 5) is 51.2. The molecule has 0 aromatic rings. The molecule has 0 bridgehead atoms. The molecule has 492 valence electrons. The number of aliphatic hydroxyl groups is 2. The van der Waals surface area contributed by atoms with Crippen LogP contribution in [0.15, 0.2) is 23.3 Å². The summed E-state index contributed by atoms with van der Waals surface area (Å²) >= 11 is 0. The zero-order valence-electron chi connectivity index (χ0n) is 56.4. The molecule has 0 aromatic heterocycles. The summed E-state index contributed by atoms with van der Waals surface area (Å²) in [6, 6.07) is 0. The van der Waals surface area contributed by atoms with Gasteiger partial charge in [0.2, 0.25) is 0 Å². The van der Waals surface area contributed by atoms with Gasteiger partial charge < -0.3 is 38.6 Å². The van der Waals surface area contributed by atoms with E-state index < -0.39 is 23.8 Å². The monoisotopic (exact) mass is 1200 g/mol. The van der Waals surface area contributed by atoms with Gasteiger partial charge in [-0.15, -0.1) is 0 Å². The van der Waals surface area contributed by atoms with Crippen molar-refractivity contribution in [1.82, 2.24) is 0 Å². The van der Waals surface area contributed by atoms with Crippen molar-refractivity contribution in [3.63, 3.8) is 0 Å². The molecule has 10 unspecified atom stereocenters. The van der Waals surface area contributed by atoms with Gasteiger partial charge in [0.05, 0.1) is 26.4 Å². The molecular weight excluding hydrogens is 1080 g/mol. The van der Waals surface area contributed by atoms with Crippen LogP contribution in [0.1, 0.15) is 249 Å². The maximum atomic E-state index is 13.3. The molecule has 1 aliphatic heterocycles. The Morgan fingerprint density at radius 3 is 1.56 bits per heavy atom. The first-order valence-corrected chi connectivity index (χ1v) is 35.4. The van der Waals surface area contributed by atoms with Gasteiger partial charge in [0, 0.05) is 33.7 Å². The van der Waals surface area contributed by atoms with E-state index in [1.165, 1.54) is 114 Å². The number of cyclic esters (lactones) is 1. The van der Waals surface area contributed by atoms with Crippen LogP contribution in [0, 0.1) is 105 Å². The van der Waals surface area contributed by atoms with Crippen molar-refractivity contribution in [2.24, 2.45) is 105 Å². The van der Waals surface area contributed by atoms with Crippen molar-refractivity contribution in [2.75, 3.05) is 53.9 Å². The van der Waals surface area contributed by atoms with E-state index in [4.69, 9.17) is 28.8 Å². The number of methoxy groups -OCH3 is 2. The Kier molecular flexibility index (Phi) is 26.7. The fourth-order valence-corrected chi connectivity index (χ4v) is 20.3. The molecule has 12 nitrogen and oxygen atoms in total. The third kappa shape index (κ3) is 16.6. The Morgan fingerprint density at radius 1 is 0.558 bits per heavy atom. The highest BCUT2D eigenvalue weighted by atomic mass is 16.6. The highest BCUT2D eigenvalue weighted by Crippen LogP contribution is 2.69. The molecular formula is C74H124O12. The predicted octanol–water partition coefficient (Wildman–Crippen LogP) is 15.8. The average Bonchev–Trinajstić information content (AvgIpc) is 1.48. The van der Waals surface area contributed by atoms with Gasteiger partial charge in [0.1, 0.15) is 18.8 Å². The Hall–Kier alpha value is -2.80. The first-order chi connectivity index (χ1) is 41.1. The Bertz CT molecular complexity index is 2220. The molecule has 0 radical (unpaired) electrons. The lowest BCUT2D eigenvalue weighted by molar-refractivity contribution is -0.169. The second-order valence-electron chi connectivity index (χ2n) is 31.0. The van der Waals surface area contributed by atoms with Crippen molar-refractivity contribution in [2.45, 2.75) is 261 Å². The zero-order valence-corrected chi connectivity index (χ0v) is 56.4. The number of unbranched alkanes of at least 4 members (excludes halogenated alkanes) is 1. The molecule has 18 atom stereocenters. The van der Waals surface area contributed by atoms with Crippen molar-refractivity contribution in [3.8, 4) is 0 Å². The maximum absolute atomic E-state index is 13.3. The van der Waals surface area contributed by atoms with Crippen molar-refractivity contribution in [1.29, 1.82) is 0 Å². The quantitative estimate of drug-likeness (QED) is 0.0309. The van der Waals surface area contributed by atoms with E-state index in [1.54, 1.807) is 14.2 Å². The average molecular weight is 1210 g/mol. The van der Waals surface area contributed by atoms with Gasteiger partial charge in [-0.2, -0.15) is 0 Å². The molecule has 1 heterocycles. The summed E-state index contributed by atoms with van der Waals surface area (Å²) in [5, 5.41) is 17.1. The van der Waals surface area contributed by atoms with Crippen LogP contribution < -0.4 is 0 Å².